The molecule has 1 heterocycles. The van der Waals surface area contributed by atoms with Crippen molar-refractivity contribution in [1.82, 2.24) is 0 Å². The molecule has 0 bridgehead atoms. The van der Waals surface area contributed by atoms with Crippen LogP contribution in [0.1, 0.15) is 25.5 Å². The largest absolute Gasteiger partial charge is 0.490 e. The van der Waals surface area contributed by atoms with Gasteiger partial charge in [0.25, 0.3) is 0 Å². The van der Waals surface area contributed by atoms with Crippen LogP contribution in [0, 0.1) is 0 Å². The van der Waals surface area contributed by atoms with Gasteiger partial charge in [0.15, 0.2) is 11.5 Å². The van der Waals surface area contributed by atoms with E-state index in [0.29, 0.717) is 49.6 Å². The molecule has 1 aliphatic rings. The molecule has 0 radical (unpaired) electrons. The lowest BCUT2D eigenvalue weighted by molar-refractivity contribution is -0.0975. The molecule has 118 valence electrons. The Balaban J connectivity index is 2.27. The predicted octanol–water partition coefficient (Wildman–Crippen LogP) is 2.55. The van der Waals surface area contributed by atoms with E-state index in [0.717, 1.165) is 5.56 Å². The van der Waals surface area contributed by atoms with Crippen LogP contribution in [0.15, 0.2) is 12.1 Å². The molecule has 1 aromatic carbocycles. The Labute approximate surface area is 130 Å². The van der Waals surface area contributed by atoms with Gasteiger partial charge in [0.1, 0.15) is 6.10 Å². The van der Waals surface area contributed by atoms with E-state index in [2.05, 4.69) is 0 Å². The lowest BCUT2D eigenvalue weighted by Gasteiger charge is -2.29. The highest BCUT2D eigenvalue weighted by atomic mass is 35.5. The Morgan fingerprint density at radius 1 is 1.24 bits per heavy atom. The number of ether oxygens (including phenoxy) is 4. The summed E-state index contributed by atoms with van der Waals surface area (Å²) in [4.78, 5) is 0. The van der Waals surface area contributed by atoms with Gasteiger partial charge in [-0.3, -0.25) is 0 Å². The zero-order chi connectivity index (χ0) is 15.2. The van der Waals surface area contributed by atoms with Gasteiger partial charge in [-0.25, -0.2) is 0 Å². The SMILES string of the molecule is CCOc1cc(Cl)c(C(N)C2COCCO2)cc1OCC. The molecule has 1 aliphatic heterocycles. The number of benzene rings is 1. The van der Waals surface area contributed by atoms with Gasteiger partial charge in [0.05, 0.1) is 39.1 Å². The number of rotatable bonds is 6. The fourth-order valence-corrected chi connectivity index (χ4v) is 2.54. The molecule has 2 rings (SSSR count). The van der Waals surface area contributed by atoms with Gasteiger partial charge in [0, 0.05) is 11.1 Å². The first kappa shape index (κ1) is 16.4. The molecule has 2 atom stereocenters. The predicted molar refractivity (Wildman–Crippen MR) is 81.3 cm³/mol. The quantitative estimate of drug-likeness (QED) is 0.874. The minimum atomic E-state index is -0.368. The van der Waals surface area contributed by atoms with Gasteiger partial charge in [-0.2, -0.15) is 0 Å². The molecule has 0 amide bonds. The van der Waals surface area contributed by atoms with Crippen molar-refractivity contribution in [2.24, 2.45) is 5.73 Å². The van der Waals surface area contributed by atoms with Gasteiger partial charge in [-0.1, -0.05) is 11.6 Å². The molecule has 1 fully saturated rings. The average molecular weight is 316 g/mol. The summed E-state index contributed by atoms with van der Waals surface area (Å²) in [5, 5.41) is 0.545. The number of halogens is 1. The first-order valence-electron chi connectivity index (χ1n) is 7.21. The Hall–Kier alpha value is -1.01. The van der Waals surface area contributed by atoms with E-state index in [-0.39, 0.29) is 12.1 Å². The van der Waals surface area contributed by atoms with Crippen LogP contribution in [-0.2, 0) is 9.47 Å². The van der Waals surface area contributed by atoms with Crippen LogP contribution in [0.25, 0.3) is 0 Å². The van der Waals surface area contributed by atoms with Crippen LogP contribution in [0.5, 0.6) is 11.5 Å². The zero-order valence-corrected chi connectivity index (χ0v) is 13.2. The molecule has 0 aromatic heterocycles. The summed E-state index contributed by atoms with van der Waals surface area (Å²) in [5.74, 6) is 1.27. The highest BCUT2D eigenvalue weighted by molar-refractivity contribution is 6.31. The fourth-order valence-electron chi connectivity index (χ4n) is 2.26. The molecule has 2 N–H and O–H groups in total. The highest BCUT2D eigenvalue weighted by Crippen LogP contribution is 2.37. The summed E-state index contributed by atoms with van der Waals surface area (Å²) in [6, 6.07) is 3.21. The van der Waals surface area contributed by atoms with Crippen molar-refractivity contribution in [3.05, 3.63) is 22.7 Å². The van der Waals surface area contributed by atoms with E-state index in [1.54, 1.807) is 6.07 Å². The maximum Gasteiger partial charge on any atom is 0.162 e. The average Bonchev–Trinajstić information content (AvgIpc) is 2.50. The Kier molecular flexibility index (Phi) is 6.11. The Morgan fingerprint density at radius 3 is 2.48 bits per heavy atom. The van der Waals surface area contributed by atoms with Gasteiger partial charge in [0.2, 0.25) is 0 Å². The number of nitrogens with two attached hydrogens (primary N) is 1. The summed E-state index contributed by atoms with van der Waals surface area (Å²) in [7, 11) is 0. The van der Waals surface area contributed by atoms with Crippen LogP contribution >= 0.6 is 11.6 Å². The summed E-state index contributed by atoms with van der Waals surface area (Å²) in [6.07, 6.45) is -0.205. The molecule has 21 heavy (non-hydrogen) atoms. The maximum atomic E-state index is 6.34. The summed E-state index contributed by atoms with van der Waals surface area (Å²) < 4.78 is 22.2. The molecular weight excluding hydrogens is 294 g/mol. The van der Waals surface area contributed by atoms with Gasteiger partial charge in [-0.15, -0.1) is 0 Å². The van der Waals surface area contributed by atoms with Crippen LogP contribution in [-0.4, -0.2) is 39.1 Å². The van der Waals surface area contributed by atoms with Crippen molar-refractivity contribution >= 4 is 11.6 Å². The van der Waals surface area contributed by atoms with Crippen LogP contribution < -0.4 is 15.2 Å². The van der Waals surface area contributed by atoms with E-state index in [1.807, 2.05) is 19.9 Å². The summed E-state index contributed by atoms with van der Waals surface area (Å²) >= 11 is 6.34. The Morgan fingerprint density at radius 2 is 1.90 bits per heavy atom. The third-order valence-electron chi connectivity index (χ3n) is 3.26. The minimum absolute atomic E-state index is 0.205. The molecule has 6 heteroatoms. The lowest BCUT2D eigenvalue weighted by atomic mass is 10.0. The zero-order valence-electron chi connectivity index (χ0n) is 12.4. The van der Waals surface area contributed by atoms with E-state index in [4.69, 9.17) is 36.3 Å². The monoisotopic (exact) mass is 315 g/mol. The first-order valence-corrected chi connectivity index (χ1v) is 7.59. The van der Waals surface area contributed by atoms with Crippen LogP contribution in [0.4, 0.5) is 0 Å². The second-order valence-electron chi connectivity index (χ2n) is 4.70. The molecular formula is C15H22ClNO4. The first-order chi connectivity index (χ1) is 10.2. The second-order valence-corrected chi connectivity index (χ2v) is 5.10. The number of hydrogen-bond acceptors (Lipinski definition) is 5. The minimum Gasteiger partial charge on any atom is -0.490 e. The van der Waals surface area contributed by atoms with Crippen molar-refractivity contribution in [3.63, 3.8) is 0 Å². The molecule has 5 nitrogen and oxygen atoms in total. The van der Waals surface area contributed by atoms with Crippen molar-refractivity contribution in [2.75, 3.05) is 33.0 Å². The topological polar surface area (TPSA) is 62.9 Å². The van der Waals surface area contributed by atoms with Gasteiger partial charge >= 0.3 is 0 Å². The summed E-state index contributed by atoms with van der Waals surface area (Å²) in [5.41, 5.74) is 7.05. The van der Waals surface area contributed by atoms with E-state index < -0.39 is 0 Å². The van der Waals surface area contributed by atoms with Crippen molar-refractivity contribution < 1.29 is 18.9 Å². The Bertz CT molecular complexity index is 463. The van der Waals surface area contributed by atoms with Crippen LogP contribution in [0.2, 0.25) is 5.02 Å². The third kappa shape index (κ3) is 4.01. The van der Waals surface area contributed by atoms with Gasteiger partial charge in [-0.05, 0) is 25.5 Å². The molecule has 0 aliphatic carbocycles. The number of hydrogen-bond donors (Lipinski definition) is 1. The third-order valence-corrected chi connectivity index (χ3v) is 3.59. The maximum absolute atomic E-state index is 6.34. The molecule has 0 spiro atoms. The van der Waals surface area contributed by atoms with Crippen molar-refractivity contribution in [2.45, 2.75) is 26.0 Å². The molecule has 1 aromatic rings. The molecule has 0 saturated carbocycles. The molecule has 1 saturated heterocycles. The lowest BCUT2D eigenvalue weighted by Crippen LogP contribution is -2.37. The van der Waals surface area contributed by atoms with E-state index >= 15 is 0 Å². The van der Waals surface area contributed by atoms with E-state index in [1.165, 1.54) is 0 Å². The molecule has 2 unspecified atom stereocenters. The van der Waals surface area contributed by atoms with Crippen molar-refractivity contribution in [3.8, 4) is 11.5 Å². The smallest absolute Gasteiger partial charge is 0.162 e. The van der Waals surface area contributed by atoms with Gasteiger partial charge < -0.3 is 24.7 Å². The van der Waals surface area contributed by atoms with Crippen LogP contribution in [0.3, 0.4) is 0 Å². The van der Waals surface area contributed by atoms with Crippen molar-refractivity contribution in [1.29, 1.82) is 0 Å². The second kappa shape index (κ2) is 7.84. The summed E-state index contributed by atoms with van der Waals surface area (Å²) in [6.45, 7) is 6.53. The highest BCUT2D eigenvalue weighted by Gasteiger charge is 2.26. The normalized spacial score (nSPS) is 20.1. The standard InChI is InChI=1S/C15H22ClNO4/c1-3-19-12-7-10(11(16)8-13(12)20-4-2)15(17)14-9-18-5-6-21-14/h7-8,14-15H,3-6,9,17H2,1-2H3. The van der Waals surface area contributed by atoms with E-state index in [9.17, 15) is 0 Å². The fraction of sp³-hybridized carbons (Fsp3) is 0.600.